The molecule has 16 heteroatoms. The third-order valence-electron chi connectivity index (χ3n) is 9.97. The molecule has 3 aromatic rings. The maximum atomic E-state index is 13.8. The number of carbonyl (C=O) groups is 7. The number of hydrogen-bond acceptors (Lipinski definition) is 7. The number of nitrogens with two attached hydrogens (primary N) is 1. The SMILES string of the molecule is NC(=O)CCC1NC(=O)[C@@H](Cc2ccc(NC(=O)[C@H](Cc3ccccc3Cl)NC(=O)Cc3ccc(F)cc3)cc2)NC(=O)CCCCCCC(=O)NCCCCCNC1=O. The Kier molecular flexibility index (Phi) is 19.5. The fraction of sp³-hybridized carbons (Fsp3) is 0.432. The molecule has 1 heterocycles. The Morgan fingerprint density at radius 3 is 2.05 bits per heavy atom. The second kappa shape index (κ2) is 24.9. The van der Waals surface area contributed by atoms with E-state index in [0.29, 0.717) is 66.2 Å². The van der Waals surface area contributed by atoms with Gasteiger partial charge in [-0.1, -0.05) is 66.9 Å². The largest absolute Gasteiger partial charge is 0.370 e. The normalized spacial score (nSPS) is 18.3. The van der Waals surface area contributed by atoms with Crippen molar-refractivity contribution in [3.8, 4) is 0 Å². The van der Waals surface area contributed by atoms with E-state index in [1.54, 1.807) is 48.5 Å². The van der Waals surface area contributed by atoms with Crippen molar-refractivity contribution in [2.24, 2.45) is 5.73 Å². The van der Waals surface area contributed by atoms with Crippen molar-refractivity contribution in [2.45, 2.75) is 108 Å². The van der Waals surface area contributed by atoms with Gasteiger partial charge in [-0.15, -0.1) is 0 Å². The highest BCUT2D eigenvalue weighted by Gasteiger charge is 2.28. The van der Waals surface area contributed by atoms with Crippen LogP contribution in [0, 0.1) is 5.82 Å². The molecule has 322 valence electrons. The minimum Gasteiger partial charge on any atom is -0.370 e. The lowest BCUT2D eigenvalue weighted by molar-refractivity contribution is -0.132. The smallest absolute Gasteiger partial charge is 0.247 e. The molecule has 0 aromatic heterocycles. The van der Waals surface area contributed by atoms with Gasteiger partial charge in [0.25, 0.3) is 0 Å². The van der Waals surface area contributed by atoms with Crippen molar-refractivity contribution in [3.63, 3.8) is 0 Å². The maximum Gasteiger partial charge on any atom is 0.247 e. The van der Waals surface area contributed by atoms with Gasteiger partial charge in [0.05, 0.1) is 6.42 Å². The molecule has 1 fully saturated rings. The van der Waals surface area contributed by atoms with Gasteiger partial charge in [0.1, 0.15) is 23.9 Å². The highest BCUT2D eigenvalue weighted by Crippen LogP contribution is 2.19. The lowest BCUT2D eigenvalue weighted by Crippen LogP contribution is -2.54. The van der Waals surface area contributed by atoms with Gasteiger partial charge in [-0.2, -0.15) is 0 Å². The third kappa shape index (κ3) is 17.2. The number of rotatable bonds is 12. The van der Waals surface area contributed by atoms with E-state index in [1.807, 2.05) is 0 Å². The predicted octanol–water partition coefficient (Wildman–Crippen LogP) is 3.92. The third-order valence-corrected chi connectivity index (χ3v) is 10.3. The number of anilines is 1. The first-order valence-electron chi connectivity index (χ1n) is 20.5. The molecule has 8 N–H and O–H groups in total. The summed E-state index contributed by atoms with van der Waals surface area (Å²) >= 11 is 6.40. The van der Waals surface area contributed by atoms with Crippen LogP contribution in [0.5, 0.6) is 0 Å². The molecule has 1 aliphatic rings. The van der Waals surface area contributed by atoms with E-state index >= 15 is 0 Å². The van der Waals surface area contributed by atoms with Gasteiger partial charge in [0.15, 0.2) is 0 Å². The van der Waals surface area contributed by atoms with Gasteiger partial charge >= 0.3 is 0 Å². The van der Waals surface area contributed by atoms with Gasteiger partial charge in [-0.05, 0) is 85.5 Å². The summed E-state index contributed by atoms with van der Waals surface area (Å²) in [6.07, 6.45) is 5.25. The minimum atomic E-state index is -1.10. The van der Waals surface area contributed by atoms with Crippen LogP contribution in [-0.4, -0.2) is 72.6 Å². The first-order valence-corrected chi connectivity index (χ1v) is 20.8. The highest BCUT2D eigenvalue weighted by atomic mass is 35.5. The van der Waals surface area contributed by atoms with Crippen molar-refractivity contribution >= 4 is 58.6 Å². The molecule has 1 saturated heterocycles. The fourth-order valence-corrected chi connectivity index (χ4v) is 6.83. The van der Waals surface area contributed by atoms with E-state index in [4.69, 9.17) is 17.3 Å². The van der Waals surface area contributed by atoms with E-state index in [9.17, 15) is 38.0 Å². The van der Waals surface area contributed by atoms with E-state index < -0.39 is 53.5 Å². The van der Waals surface area contributed by atoms with Crippen molar-refractivity contribution in [1.29, 1.82) is 0 Å². The van der Waals surface area contributed by atoms with Crippen LogP contribution in [-0.2, 0) is 52.8 Å². The molecule has 1 aliphatic heterocycles. The van der Waals surface area contributed by atoms with Crippen LogP contribution in [0.4, 0.5) is 10.1 Å². The van der Waals surface area contributed by atoms with Crippen LogP contribution >= 0.6 is 11.6 Å². The molecular weight excluding hydrogens is 793 g/mol. The van der Waals surface area contributed by atoms with Crippen LogP contribution in [0.2, 0.25) is 5.02 Å². The summed E-state index contributed by atoms with van der Waals surface area (Å²) in [7, 11) is 0. The summed E-state index contributed by atoms with van der Waals surface area (Å²) in [5.74, 6) is -3.54. The average Bonchev–Trinajstić information content (AvgIpc) is 3.21. The summed E-state index contributed by atoms with van der Waals surface area (Å²) in [5.41, 5.74) is 7.59. The number of amides is 7. The quantitative estimate of drug-likeness (QED) is 0.142. The van der Waals surface area contributed by atoms with Crippen LogP contribution in [0.25, 0.3) is 0 Å². The summed E-state index contributed by atoms with van der Waals surface area (Å²) in [6, 6.07) is 15.8. The molecule has 0 bridgehead atoms. The van der Waals surface area contributed by atoms with Crippen molar-refractivity contribution < 1.29 is 38.0 Å². The molecule has 0 aliphatic carbocycles. The van der Waals surface area contributed by atoms with Crippen LogP contribution < -0.4 is 37.6 Å². The van der Waals surface area contributed by atoms with Crippen LogP contribution in [0.3, 0.4) is 0 Å². The Labute approximate surface area is 354 Å². The first-order chi connectivity index (χ1) is 28.9. The van der Waals surface area contributed by atoms with Gasteiger partial charge in [-0.25, -0.2) is 4.39 Å². The van der Waals surface area contributed by atoms with Gasteiger partial charge < -0.3 is 37.6 Å². The van der Waals surface area contributed by atoms with Crippen molar-refractivity contribution in [1.82, 2.24) is 26.6 Å². The fourth-order valence-electron chi connectivity index (χ4n) is 6.62. The molecule has 4 rings (SSSR count). The van der Waals surface area contributed by atoms with E-state index in [-0.39, 0.29) is 50.3 Å². The number of carbonyl (C=O) groups excluding carboxylic acids is 7. The van der Waals surface area contributed by atoms with Gasteiger partial charge in [-0.3, -0.25) is 33.6 Å². The number of benzene rings is 3. The summed E-state index contributed by atoms with van der Waals surface area (Å²) in [4.78, 5) is 90.7. The van der Waals surface area contributed by atoms with E-state index in [1.165, 1.54) is 24.3 Å². The highest BCUT2D eigenvalue weighted by molar-refractivity contribution is 6.31. The molecule has 0 saturated carbocycles. The zero-order chi connectivity index (χ0) is 43.3. The molecule has 14 nitrogen and oxygen atoms in total. The lowest BCUT2D eigenvalue weighted by atomic mass is 10.0. The Bertz CT molecular complexity index is 1930. The monoisotopic (exact) mass is 847 g/mol. The minimum absolute atomic E-state index is 0.0202. The summed E-state index contributed by atoms with van der Waals surface area (Å²) in [6.45, 7) is 0.858. The van der Waals surface area contributed by atoms with Gasteiger partial charge in [0.2, 0.25) is 41.4 Å². The van der Waals surface area contributed by atoms with E-state index in [0.717, 1.165) is 25.7 Å². The zero-order valence-electron chi connectivity index (χ0n) is 33.7. The van der Waals surface area contributed by atoms with Crippen molar-refractivity contribution in [2.75, 3.05) is 18.4 Å². The zero-order valence-corrected chi connectivity index (χ0v) is 34.4. The Hall–Kier alpha value is -5.83. The molecular formula is C44H55ClFN7O7. The van der Waals surface area contributed by atoms with E-state index in [2.05, 4.69) is 31.9 Å². The second-order valence-electron chi connectivity index (χ2n) is 14.9. The molecule has 3 atom stereocenters. The summed E-state index contributed by atoms with van der Waals surface area (Å²) < 4.78 is 13.4. The molecule has 0 spiro atoms. The lowest BCUT2D eigenvalue weighted by Gasteiger charge is -2.23. The Morgan fingerprint density at radius 1 is 0.733 bits per heavy atom. The molecule has 1 unspecified atom stereocenters. The number of hydrogen-bond donors (Lipinski definition) is 7. The number of halogens is 2. The predicted molar refractivity (Wildman–Crippen MR) is 226 cm³/mol. The Morgan fingerprint density at radius 2 is 1.37 bits per heavy atom. The van der Waals surface area contributed by atoms with Crippen LogP contribution in [0.1, 0.15) is 87.3 Å². The molecule has 0 radical (unpaired) electrons. The number of primary amides is 1. The molecule has 7 amide bonds. The van der Waals surface area contributed by atoms with Crippen molar-refractivity contribution in [3.05, 3.63) is 100 Å². The standard InChI is InChI=1S/C44H55ClFN7O7/c45-34-11-7-6-10-31(34)28-37(52-41(57)27-30-14-18-32(46)19-15-30)43(59)50-33-20-16-29(17-21-33)26-36-44(60)53-35(22-23-38(47)54)42(58)49-25-9-3-8-24-48-39(55)12-4-1-2-5-13-40(56)51-36/h6-7,10-11,14-21,35-37H,1-5,8-9,12-13,22-28H2,(H2,47,54)(H,48,55)(H,49,58)(H,50,59)(H,51,56)(H,52,57)(H,53,60)/t35?,36-,37+/m1/s1. The topological polar surface area (TPSA) is 218 Å². The van der Waals surface area contributed by atoms with Gasteiger partial charge in [0, 0.05) is 55.9 Å². The second-order valence-corrected chi connectivity index (χ2v) is 15.3. The first kappa shape index (κ1) is 46.9. The Balaban J connectivity index is 1.47. The number of nitrogens with one attached hydrogen (secondary N) is 6. The van der Waals surface area contributed by atoms with Crippen LogP contribution in [0.15, 0.2) is 72.8 Å². The average molecular weight is 848 g/mol. The molecule has 60 heavy (non-hydrogen) atoms. The molecule has 3 aromatic carbocycles. The maximum absolute atomic E-state index is 13.8. The summed E-state index contributed by atoms with van der Waals surface area (Å²) in [5, 5.41) is 17.3.